The maximum atomic E-state index is 12.9. The highest BCUT2D eigenvalue weighted by Crippen LogP contribution is 2.50. The van der Waals surface area contributed by atoms with Crippen LogP contribution in [0.1, 0.15) is 35.4 Å². The van der Waals surface area contributed by atoms with Crippen molar-refractivity contribution >= 4 is 5.91 Å². The normalized spacial score (nSPS) is 24.3. The third-order valence-corrected chi connectivity index (χ3v) is 6.00. The molecule has 27 heavy (non-hydrogen) atoms. The van der Waals surface area contributed by atoms with Gasteiger partial charge in [0.2, 0.25) is 0 Å². The lowest BCUT2D eigenvalue weighted by molar-refractivity contribution is 0.0777. The highest BCUT2D eigenvalue weighted by atomic mass is 16.5. The van der Waals surface area contributed by atoms with Crippen molar-refractivity contribution in [1.82, 2.24) is 24.8 Å². The van der Waals surface area contributed by atoms with Crippen LogP contribution >= 0.6 is 0 Å². The van der Waals surface area contributed by atoms with Gasteiger partial charge in [-0.1, -0.05) is 29.8 Å². The summed E-state index contributed by atoms with van der Waals surface area (Å²) in [7, 11) is 1.82. The summed E-state index contributed by atoms with van der Waals surface area (Å²) in [4.78, 5) is 19.6. The van der Waals surface area contributed by atoms with Crippen molar-refractivity contribution in [3.63, 3.8) is 0 Å². The summed E-state index contributed by atoms with van der Waals surface area (Å²) in [6.45, 7) is 1.38. The van der Waals surface area contributed by atoms with Crippen LogP contribution in [0.3, 0.4) is 0 Å². The zero-order valence-corrected chi connectivity index (χ0v) is 15.2. The molecule has 2 fully saturated rings. The van der Waals surface area contributed by atoms with E-state index in [4.69, 9.17) is 9.51 Å². The lowest BCUT2D eigenvalue weighted by Gasteiger charge is -2.24. The molecule has 2 atom stereocenters. The highest BCUT2D eigenvalue weighted by Gasteiger charge is 2.54. The molecule has 3 aromatic rings. The summed E-state index contributed by atoms with van der Waals surface area (Å²) in [6.07, 6.45) is 6.61. The Balaban J connectivity index is 1.45. The van der Waals surface area contributed by atoms with Gasteiger partial charge in [0, 0.05) is 31.9 Å². The molecule has 0 bridgehead atoms. The lowest BCUT2D eigenvalue weighted by Crippen LogP contribution is -2.35. The van der Waals surface area contributed by atoms with E-state index in [1.54, 1.807) is 17.1 Å². The number of likely N-dealkylation sites (tertiary alicyclic amines) is 1. The van der Waals surface area contributed by atoms with Crippen LogP contribution in [0.2, 0.25) is 0 Å². The molecule has 1 saturated carbocycles. The van der Waals surface area contributed by atoms with Gasteiger partial charge in [0.05, 0.1) is 17.2 Å². The summed E-state index contributed by atoms with van der Waals surface area (Å²) in [5.74, 6) is 1.69. The van der Waals surface area contributed by atoms with Crippen LogP contribution in [-0.2, 0) is 12.5 Å². The van der Waals surface area contributed by atoms with Crippen LogP contribution in [-0.4, -0.2) is 43.8 Å². The molecule has 3 heterocycles. The number of hydrogen-bond acceptors (Lipinski definition) is 5. The number of hydrogen-bond donors (Lipinski definition) is 0. The highest BCUT2D eigenvalue weighted by molar-refractivity contribution is 5.94. The monoisotopic (exact) mass is 363 g/mol. The van der Waals surface area contributed by atoms with Crippen LogP contribution < -0.4 is 0 Å². The molecule has 7 heteroatoms. The number of amides is 1. The van der Waals surface area contributed by atoms with E-state index in [0.717, 1.165) is 37.2 Å². The number of fused-ring (bicyclic) bond motifs is 1. The minimum atomic E-state index is -0.200. The molecule has 2 aliphatic rings. The fraction of sp³-hybridized carbons (Fsp3) is 0.400. The second kappa shape index (κ2) is 6.04. The number of nitrogens with zero attached hydrogens (tertiary/aromatic N) is 5. The average molecular weight is 363 g/mol. The fourth-order valence-electron chi connectivity index (χ4n) is 4.65. The van der Waals surface area contributed by atoms with Gasteiger partial charge < -0.3 is 9.42 Å². The topological polar surface area (TPSA) is 77.0 Å². The number of aryl methyl sites for hydroxylation is 1. The predicted molar refractivity (Wildman–Crippen MR) is 97.9 cm³/mol. The number of carbonyl (C=O) groups excluding carboxylic acids is 1. The number of benzene rings is 1. The Kier molecular flexibility index (Phi) is 3.63. The van der Waals surface area contributed by atoms with Gasteiger partial charge in [-0.3, -0.25) is 9.48 Å². The zero-order valence-electron chi connectivity index (χ0n) is 15.2. The molecule has 0 spiro atoms. The third kappa shape index (κ3) is 2.57. The quantitative estimate of drug-likeness (QED) is 0.715. The molecule has 2 aromatic heterocycles. The minimum absolute atomic E-state index is 0.0312. The van der Waals surface area contributed by atoms with Crippen LogP contribution in [0.25, 0.3) is 11.5 Å². The molecule has 0 N–H and O–H groups in total. The second-order valence-corrected chi connectivity index (χ2v) is 7.62. The van der Waals surface area contributed by atoms with Gasteiger partial charge in [-0.15, -0.1) is 0 Å². The van der Waals surface area contributed by atoms with Crippen molar-refractivity contribution in [3.05, 3.63) is 54.1 Å². The first-order valence-corrected chi connectivity index (χ1v) is 9.33. The van der Waals surface area contributed by atoms with Gasteiger partial charge in [0.25, 0.3) is 11.8 Å². The average Bonchev–Trinajstić information content (AvgIpc) is 3.44. The van der Waals surface area contributed by atoms with E-state index >= 15 is 0 Å². The Morgan fingerprint density at radius 2 is 2.15 bits per heavy atom. The molecule has 1 aliphatic carbocycles. The maximum Gasteiger partial charge on any atom is 0.257 e. The van der Waals surface area contributed by atoms with E-state index in [1.807, 2.05) is 42.3 Å². The fourth-order valence-corrected chi connectivity index (χ4v) is 4.65. The number of rotatable bonds is 3. The van der Waals surface area contributed by atoms with Crippen LogP contribution in [0, 0.1) is 5.92 Å². The molecule has 0 unspecified atom stereocenters. The van der Waals surface area contributed by atoms with Gasteiger partial charge >= 0.3 is 0 Å². The van der Waals surface area contributed by atoms with Crippen LogP contribution in [0.5, 0.6) is 0 Å². The van der Waals surface area contributed by atoms with Gasteiger partial charge in [-0.25, -0.2) is 0 Å². The standard InChI is InChI=1S/C20H21N5O2/c1-24-11-15(10-21-24)18(26)25-12-16-8-5-9-20(16,13-25)19-22-17(27-23-19)14-6-3-2-4-7-14/h2-4,6-7,10-11,16H,5,8-9,12-13H2,1H3/t16-,20-/m1/s1. The molecule has 0 radical (unpaired) electrons. The maximum absolute atomic E-state index is 12.9. The van der Waals surface area contributed by atoms with Crippen molar-refractivity contribution in [2.24, 2.45) is 13.0 Å². The zero-order chi connectivity index (χ0) is 18.4. The first-order chi connectivity index (χ1) is 13.2. The predicted octanol–water partition coefficient (Wildman–Crippen LogP) is 2.66. The SMILES string of the molecule is Cn1cc(C(=O)N2C[C@H]3CCC[C@@]3(c3noc(-c4ccccc4)n3)C2)cn1. The molecule has 1 amide bonds. The molecular formula is C20H21N5O2. The summed E-state index contributed by atoms with van der Waals surface area (Å²) in [5.41, 5.74) is 1.35. The van der Waals surface area contributed by atoms with E-state index in [2.05, 4.69) is 10.3 Å². The van der Waals surface area contributed by atoms with Crippen LogP contribution in [0.15, 0.2) is 47.2 Å². The summed E-state index contributed by atoms with van der Waals surface area (Å²) in [6, 6.07) is 9.81. The molecule has 1 aromatic carbocycles. The summed E-state index contributed by atoms with van der Waals surface area (Å²) < 4.78 is 7.23. The van der Waals surface area contributed by atoms with E-state index in [1.165, 1.54) is 0 Å². The molecule has 1 aliphatic heterocycles. The first kappa shape index (κ1) is 16.2. The smallest absolute Gasteiger partial charge is 0.257 e. The van der Waals surface area contributed by atoms with Gasteiger partial charge in [0.15, 0.2) is 5.82 Å². The van der Waals surface area contributed by atoms with Crippen molar-refractivity contribution in [2.75, 3.05) is 13.1 Å². The van der Waals surface area contributed by atoms with Crippen molar-refractivity contribution in [1.29, 1.82) is 0 Å². The van der Waals surface area contributed by atoms with E-state index in [-0.39, 0.29) is 11.3 Å². The Hall–Kier alpha value is -2.96. The summed E-state index contributed by atoms with van der Waals surface area (Å²) in [5, 5.41) is 8.46. The summed E-state index contributed by atoms with van der Waals surface area (Å²) >= 11 is 0. The molecule has 7 nitrogen and oxygen atoms in total. The van der Waals surface area contributed by atoms with Gasteiger partial charge in [-0.05, 0) is 30.9 Å². The van der Waals surface area contributed by atoms with Crippen molar-refractivity contribution < 1.29 is 9.32 Å². The molecule has 5 rings (SSSR count). The van der Waals surface area contributed by atoms with Gasteiger partial charge in [-0.2, -0.15) is 10.1 Å². The molecule has 1 saturated heterocycles. The van der Waals surface area contributed by atoms with Gasteiger partial charge in [0.1, 0.15) is 0 Å². The van der Waals surface area contributed by atoms with E-state index in [0.29, 0.717) is 23.9 Å². The van der Waals surface area contributed by atoms with Crippen molar-refractivity contribution in [2.45, 2.75) is 24.7 Å². The Labute approximate surface area is 157 Å². The second-order valence-electron chi connectivity index (χ2n) is 7.62. The Bertz CT molecular complexity index is 979. The van der Waals surface area contributed by atoms with Crippen LogP contribution in [0.4, 0.5) is 0 Å². The Morgan fingerprint density at radius 3 is 2.93 bits per heavy atom. The number of aromatic nitrogens is 4. The van der Waals surface area contributed by atoms with E-state index in [9.17, 15) is 4.79 Å². The lowest BCUT2D eigenvalue weighted by atomic mass is 9.80. The number of carbonyl (C=O) groups is 1. The Morgan fingerprint density at radius 1 is 1.30 bits per heavy atom. The molecule has 138 valence electrons. The first-order valence-electron chi connectivity index (χ1n) is 9.33. The van der Waals surface area contributed by atoms with Crippen molar-refractivity contribution in [3.8, 4) is 11.5 Å². The minimum Gasteiger partial charge on any atom is -0.337 e. The molecular weight excluding hydrogens is 342 g/mol. The third-order valence-electron chi connectivity index (χ3n) is 6.00. The van der Waals surface area contributed by atoms with E-state index < -0.39 is 0 Å². The largest absolute Gasteiger partial charge is 0.337 e.